The number of halogens is 1. The van der Waals surface area contributed by atoms with Crippen molar-refractivity contribution >= 4 is 17.6 Å². The lowest BCUT2D eigenvalue weighted by Gasteiger charge is -2.38. The number of methoxy groups -OCH3 is 1. The van der Waals surface area contributed by atoms with Gasteiger partial charge in [0.1, 0.15) is 23.9 Å². The van der Waals surface area contributed by atoms with E-state index in [0.717, 1.165) is 11.3 Å². The molecule has 0 saturated heterocycles. The summed E-state index contributed by atoms with van der Waals surface area (Å²) < 4.78 is 27.6. The summed E-state index contributed by atoms with van der Waals surface area (Å²) >= 11 is 0. The molecular formula is C31H31FN4O4. The molecule has 0 fully saturated rings. The van der Waals surface area contributed by atoms with Crippen molar-refractivity contribution in [3.63, 3.8) is 0 Å². The second-order valence-corrected chi connectivity index (χ2v) is 9.43. The maximum atomic E-state index is 14.2. The van der Waals surface area contributed by atoms with Gasteiger partial charge in [0.15, 0.2) is 0 Å². The van der Waals surface area contributed by atoms with Gasteiger partial charge in [-0.25, -0.2) is 9.18 Å². The first-order valence-corrected chi connectivity index (χ1v) is 13.1. The highest BCUT2D eigenvalue weighted by Crippen LogP contribution is 2.35. The van der Waals surface area contributed by atoms with Gasteiger partial charge in [-0.05, 0) is 54.1 Å². The van der Waals surface area contributed by atoms with E-state index in [-0.39, 0.29) is 37.3 Å². The van der Waals surface area contributed by atoms with E-state index >= 15 is 0 Å². The van der Waals surface area contributed by atoms with Gasteiger partial charge in [0.25, 0.3) is 0 Å². The molecule has 2 heterocycles. The molecule has 4 aromatic rings. The van der Waals surface area contributed by atoms with Gasteiger partial charge in [-0.3, -0.25) is 4.79 Å². The molecule has 0 radical (unpaired) electrons. The molecule has 0 bridgehead atoms. The number of fused-ring (bicyclic) bond motifs is 1. The fraction of sp³-hybridized carbons (Fsp3) is 0.226. The summed E-state index contributed by atoms with van der Waals surface area (Å²) in [6.07, 6.45) is 2.00. The number of carbonyl (C=O) groups excluding carboxylic acids is 2. The SMILES string of the molecule is COCCN(CC(=O)N1CCn2cccc2[C@H]1c1cccc(Oc2ccccc2)c1)C(=O)Nc1ccccc1F. The van der Waals surface area contributed by atoms with Crippen LogP contribution < -0.4 is 10.1 Å². The molecule has 0 saturated carbocycles. The van der Waals surface area contributed by atoms with Crippen LogP contribution >= 0.6 is 0 Å². The minimum absolute atomic E-state index is 0.0475. The van der Waals surface area contributed by atoms with Crippen molar-refractivity contribution < 1.29 is 23.5 Å². The third-order valence-corrected chi connectivity index (χ3v) is 6.81. The van der Waals surface area contributed by atoms with E-state index in [0.29, 0.717) is 24.6 Å². The molecule has 1 N–H and O–H groups in total. The number of rotatable bonds is 9. The van der Waals surface area contributed by atoms with E-state index in [2.05, 4.69) is 9.88 Å². The Hall–Kier alpha value is -4.63. The van der Waals surface area contributed by atoms with E-state index in [1.54, 1.807) is 17.0 Å². The van der Waals surface area contributed by atoms with E-state index < -0.39 is 11.8 Å². The molecule has 1 aliphatic heterocycles. The zero-order chi connectivity index (χ0) is 27.9. The lowest BCUT2D eigenvalue weighted by atomic mass is 9.99. The Kier molecular flexibility index (Phi) is 8.41. The predicted octanol–water partition coefficient (Wildman–Crippen LogP) is 5.53. The van der Waals surface area contributed by atoms with Crippen LogP contribution in [0.25, 0.3) is 0 Å². The number of hydrogen-bond acceptors (Lipinski definition) is 4. The maximum absolute atomic E-state index is 14.2. The molecule has 0 spiro atoms. The summed E-state index contributed by atoms with van der Waals surface area (Å²) in [6, 6.07) is 26.1. The lowest BCUT2D eigenvalue weighted by Crippen LogP contribution is -2.49. The summed E-state index contributed by atoms with van der Waals surface area (Å²) in [4.78, 5) is 30.1. The Balaban J connectivity index is 1.39. The molecule has 8 nitrogen and oxygen atoms in total. The van der Waals surface area contributed by atoms with Gasteiger partial charge in [0.05, 0.1) is 18.3 Å². The normalized spacial score (nSPS) is 14.3. The van der Waals surface area contributed by atoms with E-state index in [9.17, 15) is 14.0 Å². The number of nitrogens with one attached hydrogen (secondary N) is 1. The highest BCUT2D eigenvalue weighted by Gasteiger charge is 2.33. The number of aromatic nitrogens is 1. The average molecular weight is 543 g/mol. The van der Waals surface area contributed by atoms with Gasteiger partial charge in [-0.2, -0.15) is 0 Å². The number of nitrogens with zero attached hydrogens (tertiary/aromatic N) is 3. The first kappa shape index (κ1) is 27.0. The largest absolute Gasteiger partial charge is 0.457 e. The molecule has 1 atom stereocenters. The highest BCUT2D eigenvalue weighted by molar-refractivity contribution is 5.92. The van der Waals surface area contributed by atoms with Crippen LogP contribution in [-0.2, 0) is 16.1 Å². The summed E-state index contributed by atoms with van der Waals surface area (Å²) in [7, 11) is 1.52. The zero-order valence-electron chi connectivity index (χ0n) is 22.2. The quantitative estimate of drug-likeness (QED) is 0.302. The van der Waals surface area contributed by atoms with E-state index in [1.807, 2.05) is 72.9 Å². The van der Waals surface area contributed by atoms with Crippen molar-refractivity contribution in [3.05, 3.63) is 114 Å². The Labute approximate surface area is 232 Å². The van der Waals surface area contributed by atoms with Crippen molar-refractivity contribution in [2.45, 2.75) is 12.6 Å². The Morgan fingerprint density at radius 2 is 1.73 bits per heavy atom. The summed E-state index contributed by atoms with van der Waals surface area (Å²) in [5.41, 5.74) is 1.91. The number of anilines is 1. The monoisotopic (exact) mass is 542 g/mol. The van der Waals surface area contributed by atoms with Crippen LogP contribution in [0, 0.1) is 5.82 Å². The van der Waals surface area contributed by atoms with Crippen LogP contribution in [-0.4, -0.2) is 59.7 Å². The molecule has 3 aromatic carbocycles. The van der Waals surface area contributed by atoms with Crippen LogP contribution in [0.3, 0.4) is 0 Å². The van der Waals surface area contributed by atoms with Crippen molar-refractivity contribution in [3.8, 4) is 11.5 Å². The van der Waals surface area contributed by atoms with E-state index in [4.69, 9.17) is 9.47 Å². The van der Waals surface area contributed by atoms with Gasteiger partial charge in [0.2, 0.25) is 5.91 Å². The fourth-order valence-corrected chi connectivity index (χ4v) is 4.84. The van der Waals surface area contributed by atoms with Crippen molar-refractivity contribution in [2.24, 2.45) is 0 Å². The number of urea groups is 1. The molecule has 0 unspecified atom stereocenters. The minimum atomic E-state index is -0.578. The number of carbonyl (C=O) groups is 2. The number of amides is 3. The minimum Gasteiger partial charge on any atom is -0.457 e. The van der Waals surface area contributed by atoms with Gasteiger partial charge in [-0.1, -0.05) is 42.5 Å². The maximum Gasteiger partial charge on any atom is 0.322 e. The first-order chi connectivity index (χ1) is 19.5. The molecule has 9 heteroatoms. The third-order valence-electron chi connectivity index (χ3n) is 6.81. The average Bonchev–Trinajstić information content (AvgIpc) is 3.45. The van der Waals surface area contributed by atoms with Crippen LogP contribution in [0.1, 0.15) is 17.3 Å². The van der Waals surface area contributed by atoms with Crippen LogP contribution in [0.5, 0.6) is 11.5 Å². The second kappa shape index (κ2) is 12.5. The van der Waals surface area contributed by atoms with Gasteiger partial charge in [0, 0.05) is 38.6 Å². The standard InChI is InChI=1S/C31H31FN4O4/c1-39-20-19-35(31(38)33-27-14-6-5-13-26(27)32)22-29(37)36-18-17-34-16-8-15-28(34)30(36)23-9-7-12-25(21-23)40-24-10-3-2-4-11-24/h2-16,21,30H,17-20,22H2,1H3,(H,33,38)/t30-/m1/s1. The molecule has 3 amide bonds. The fourth-order valence-electron chi connectivity index (χ4n) is 4.84. The molecule has 40 heavy (non-hydrogen) atoms. The first-order valence-electron chi connectivity index (χ1n) is 13.1. The van der Waals surface area contributed by atoms with Crippen LogP contribution in [0.15, 0.2) is 97.2 Å². The lowest BCUT2D eigenvalue weighted by molar-refractivity contribution is -0.134. The number of ether oxygens (including phenoxy) is 2. The van der Waals surface area contributed by atoms with Gasteiger partial charge in [-0.15, -0.1) is 0 Å². The van der Waals surface area contributed by atoms with Gasteiger partial charge >= 0.3 is 6.03 Å². The van der Waals surface area contributed by atoms with Crippen molar-refractivity contribution in [1.29, 1.82) is 0 Å². The molecule has 206 valence electrons. The Bertz CT molecular complexity index is 1460. The topological polar surface area (TPSA) is 76.0 Å². The van der Waals surface area contributed by atoms with Crippen molar-refractivity contribution in [1.82, 2.24) is 14.4 Å². The number of para-hydroxylation sites is 2. The molecule has 1 aliphatic rings. The molecular weight excluding hydrogens is 511 g/mol. The number of benzene rings is 3. The molecule has 5 rings (SSSR count). The Morgan fingerprint density at radius 3 is 2.52 bits per heavy atom. The second-order valence-electron chi connectivity index (χ2n) is 9.43. The van der Waals surface area contributed by atoms with Gasteiger partial charge < -0.3 is 29.2 Å². The molecule has 1 aromatic heterocycles. The smallest absolute Gasteiger partial charge is 0.322 e. The zero-order valence-corrected chi connectivity index (χ0v) is 22.2. The Morgan fingerprint density at radius 1 is 0.950 bits per heavy atom. The van der Waals surface area contributed by atoms with Crippen LogP contribution in [0.4, 0.5) is 14.9 Å². The molecule has 0 aliphatic carbocycles. The summed E-state index contributed by atoms with van der Waals surface area (Å²) in [6.45, 7) is 1.29. The summed E-state index contributed by atoms with van der Waals surface area (Å²) in [5.74, 6) is 0.593. The summed E-state index contributed by atoms with van der Waals surface area (Å²) in [5, 5.41) is 2.58. The van der Waals surface area contributed by atoms with E-state index in [1.165, 1.54) is 24.1 Å². The van der Waals surface area contributed by atoms with Crippen molar-refractivity contribution in [2.75, 3.05) is 38.7 Å². The van der Waals surface area contributed by atoms with Crippen LogP contribution in [0.2, 0.25) is 0 Å². The number of hydrogen-bond donors (Lipinski definition) is 1. The third kappa shape index (κ3) is 6.16. The highest BCUT2D eigenvalue weighted by atomic mass is 19.1. The predicted molar refractivity (Wildman–Crippen MR) is 150 cm³/mol.